The van der Waals surface area contributed by atoms with Gasteiger partial charge in [-0.15, -0.1) is 0 Å². The highest BCUT2D eigenvalue weighted by Gasteiger charge is 2.18. The van der Waals surface area contributed by atoms with Crippen LogP contribution in [0.15, 0.2) is 30.3 Å². The van der Waals surface area contributed by atoms with Crippen LogP contribution in [-0.4, -0.2) is 33.9 Å². The Morgan fingerprint density at radius 1 is 1.30 bits per heavy atom. The van der Waals surface area contributed by atoms with Gasteiger partial charge < -0.3 is 10.4 Å². The van der Waals surface area contributed by atoms with E-state index in [1.807, 2.05) is 44.2 Å². The maximum Gasteiger partial charge on any atom is 0.255 e. The van der Waals surface area contributed by atoms with Crippen molar-refractivity contribution in [2.24, 2.45) is 0 Å². The van der Waals surface area contributed by atoms with E-state index in [9.17, 15) is 4.79 Å². The van der Waals surface area contributed by atoms with Crippen LogP contribution in [0.4, 0.5) is 0 Å². The zero-order chi connectivity index (χ0) is 14.5. The third kappa shape index (κ3) is 2.88. The second-order valence-electron chi connectivity index (χ2n) is 4.63. The molecule has 0 unspecified atom stereocenters. The topological polar surface area (TPSA) is 67.2 Å². The molecule has 2 aromatic rings. The van der Waals surface area contributed by atoms with Gasteiger partial charge in [-0.3, -0.25) is 4.79 Å². The van der Waals surface area contributed by atoms with E-state index in [2.05, 4.69) is 10.4 Å². The maximum absolute atomic E-state index is 12.2. The Morgan fingerprint density at radius 2 is 2.00 bits per heavy atom. The van der Waals surface area contributed by atoms with Crippen LogP contribution in [-0.2, 0) is 0 Å². The lowest BCUT2D eigenvalue weighted by Crippen LogP contribution is -2.26. The number of aromatic nitrogens is 2. The molecule has 106 valence electrons. The second kappa shape index (κ2) is 6.34. The van der Waals surface area contributed by atoms with Gasteiger partial charge >= 0.3 is 0 Å². The molecule has 0 aliphatic carbocycles. The summed E-state index contributed by atoms with van der Waals surface area (Å²) >= 11 is 0. The average Bonchev–Trinajstić information content (AvgIpc) is 2.75. The van der Waals surface area contributed by atoms with Crippen LogP contribution >= 0.6 is 0 Å². The van der Waals surface area contributed by atoms with Gasteiger partial charge in [0.1, 0.15) is 0 Å². The first kappa shape index (κ1) is 14.3. The zero-order valence-electron chi connectivity index (χ0n) is 11.8. The number of aryl methyl sites for hydroxylation is 1. The lowest BCUT2D eigenvalue weighted by Gasteiger charge is -2.06. The molecule has 0 spiro atoms. The van der Waals surface area contributed by atoms with Gasteiger partial charge in [0.25, 0.3) is 5.91 Å². The first-order chi connectivity index (χ1) is 9.65. The number of carbonyl (C=O) groups is 1. The Kier molecular flexibility index (Phi) is 4.53. The molecule has 0 saturated heterocycles. The molecule has 5 nitrogen and oxygen atoms in total. The molecule has 2 N–H and O–H groups in total. The van der Waals surface area contributed by atoms with Crippen molar-refractivity contribution in [3.63, 3.8) is 0 Å². The van der Waals surface area contributed by atoms with Gasteiger partial charge in [0.2, 0.25) is 0 Å². The van der Waals surface area contributed by atoms with Crippen LogP contribution in [0.2, 0.25) is 0 Å². The number of para-hydroxylation sites is 1. The summed E-state index contributed by atoms with van der Waals surface area (Å²) in [6.45, 7) is 4.24. The molecule has 2 rings (SSSR count). The predicted molar refractivity (Wildman–Crippen MR) is 77.1 cm³/mol. The largest absolute Gasteiger partial charge is 0.396 e. The van der Waals surface area contributed by atoms with E-state index in [1.54, 1.807) is 4.68 Å². The molecule has 0 aliphatic heterocycles. The molecule has 0 radical (unpaired) electrons. The number of carbonyl (C=O) groups excluding carboxylic acids is 1. The molecule has 0 bridgehead atoms. The van der Waals surface area contributed by atoms with Crippen molar-refractivity contribution in [1.29, 1.82) is 0 Å². The van der Waals surface area contributed by atoms with Crippen molar-refractivity contribution in [1.82, 2.24) is 15.1 Å². The Morgan fingerprint density at radius 3 is 2.65 bits per heavy atom. The smallest absolute Gasteiger partial charge is 0.255 e. The van der Waals surface area contributed by atoms with Gasteiger partial charge in [-0.2, -0.15) is 5.10 Å². The van der Waals surface area contributed by atoms with Gasteiger partial charge in [-0.1, -0.05) is 18.2 Å². The number of amides is 1. The maximum atomic E-state index is 12.2. The SMILES string of the molecule is Cc1nn(-c2ccccc2)c(C)c1C(=O)NCCCO. The summed E-state index contributed by atoms with van der Waals surface area (Å²) in [5.74, 6) is -0.143. The number of nitrogens with zero attached hydrogens (tertiary/aromatic N) is 2. The van der Waals surface area contributed by atoms with Gasteiger partial charge in [0.15, 0.2) is 0 Å². The highest BCUT2D eigenvalue weighted by Crippen LogP contribution is 2.17. The van der Waals surface area contributed by atoms with E-state index in [1.165, 1.54) is 0 Å². The summed E-state index contributed by atoms with van der Waals surface area (Å²) < 4.78 is 1.77. The Bertz CT molecular complexity index is 591. The van der Waals surface area contributed by atoms with Crippen LogP contribution < -0.4 is 5.32 Å². The Balaban J connectivity index is 2.28. The van der Waals surface area contributed by atoms with Gasteiger partial charge in [-0.25, -0.2) is 4.68 Å². The number of hydrogen-bond donors (Lipinski definition) is 2. The molecular weight excluding hydrogens is 254 g/mol. The number of aliphatic hydroxyl groups is 1. The normalized spacial score (nSPS) is 10.6. The van der Waals surface area contributed by atoms with Crippen molar-refractivity contribution in [2.75, 3.05) is 13.2 Å². The Hall–Kier alpha value is -2.14. The molecule has 1 aromatic carbocycles. The van der Waals surface area contributed by atoms with Crippen LogP contribution in [0.1, 0.15) is 28.2 Å². The number of aliphatic hydroxyl groups excluding tert-OH is 1. The molecular formula is C15H19N3O2. The first-order valence-electron chi connectivity index (χ1n) is 6.66. The summed E-state index contributed by atoms with van der Waals surface area (Å²) in [5.41, 5.74) is 3.05. The molecule has 0 fully saturated rings. The summed E-state index contributed by atoms with van der Waals surface area (Å²) in [6.07, 6.45) is 0.552. The molecule has 1 aromatic heterocycles. The third-order valence-corrected chi connectivity index (χ3v) is 3.14. The molecule has 0 aliphatic rings. The quantitative estimate of drug-likeness (QED) is 0.813. The molecule has 0 atom stereocenters. The van der Waals surface area contributed by atoms with Gasteiger partial charge in [0.05, 0.1) is 22.6 Å². The van der Waals surface area contributed by atoms with Crippen LogP contribution in [0.3, 0.4) is 0 Å². The number of rotatable bonds is 5. The highest BCUT2D eigenvalue weighted by molar-refractivity contribution is 5.96. The summed E-state index contributed by atoms with van der Waals surface area (Å²) in [4.78, 5) is 12.2. The number of nitrogens with one attached hydrogen (secondary N) is 1. The molecule has 1 heterocycles. The van der Waals surface area contributed by atoms with Crippen molar-refractivity contribution in [3.8, 4) is 5.69 Å². The predicted octanol–water partition coefficient (Wildman–Crippen LogP) is 1.60. The zero-order valence-corrected chi connectivity index (χ0v) is 11.8. The fourth-order valence-electron chi connectivity index (χ4n) is 2.16. The van der Waals surface area contributed by atoms with Crippen molar-refractivity contribution < 1.29 is 9.90 Å². The molecule has 5 heteroatoms. The van der Waals surface area contributed by atoms with Crippen LogP contribution in [0, 0.1) is 13.8 Å². The lowest BCUT2D eigenvalue weighted by molar-refractivity contribution is 0.0950. The average molecular weight is 273 g/mol. The van der Waals surface area contributed by atoms with Gasteiger partial charge in [-0.05, 0) is 32.4 Å². The third-order valence-electron chi connectivity index (χ3n) is 3.14. The van der Waals surface area contributed by atoms with Crippen molar-refractivity contribution in [2.45, 2.75) is 20.3 Å². The van der Waals surface area contributed by atoms with E-state index in [0.717, 1.165) is 11.4 Å². The highest BCUT2D eigenvalue weighted by atomic mass is 16.3. The monoisotopic (exact) mass is 273 g/mol. The number of hydrogen-bond acceptors (Lipinski definition) is 3. The second-order valence-corrected chi connectivity index (χ2v) is 4.63. The first-order valence-corrected chi connectivity index (χ1v) is 6.66. The fourth-order valence-corrected chi connectivity index (χ4v) is 2.16. The molecule has 0 saturated carbocycles. The fraction of sp³-hybridized carbons (Fsp3) is 0.333. The minimum atomic E-state index is -0.143. The van der Waals surface area contributed by atoms with E-state index in [-0.39, 0.29) is 12.5 Å². The molecule has 1 amide bonds. The van der Waals surface area contributed by atoms with Crippen molar-refractivity contribution in [3.05, 3.63) is 47.3 Å². The van der Waals surface area contributed by atoms with Crippen molar-refractivity contribution >= 4 is 5.91 Å². The standard InChI is InChI=1S/C15H19N3O2/c1-11-14(15(20)16-9-6-10-19)12(2)18(17-11)13-7-4-3-5-8-13/h3-5,7-8,19H,6,9-10H2,1-2H3,(H,16,20). The Labute approximate surface area is 118 Å². The summed E-state index contributed by atoms with van der Waals surface area (Å²) in [6, 6.07) is 9.72. The van der Waals surface area contributed by atoms with Crippen LogP contribution in [0.25, 0.3) is 5.69 Å². The summed E-state index contributed by atoms with van der Waals surface area (Å²) in [5, 5.41) is 16.0. The minimum absolute atomic E-state index is 0.0710. The lowest BCUT2D eigenvalue weighted by atomic mass is 10.2. The van der Waals surface area contributed by atoms with E-state index in [0.29, 0.717) is 24.2 Å². The summed E-state index contributed by atoms with van der Waals surface area (Å²) in [7, 11) is 0. The number of benzene rings is 1. The van der Waals surface area contributed by atoms with E-state index in [4.69, 9.17) is 5.11 Å². The minimum Gasteiger partial charge on any atom is -0.396 e. The van der Waals surface area contributed by atoms with E-state index < -0.39 is 0 Å². The van der Waals surface area contributed by atoms with E-state index >= 15 is 0 Å². The van der Waals surface area contributed by atoms with Crippen LogP contribution in [0.5, 0.6) is 0 Å². The van der Waals surface area contributed by atoms with Gasteiger partial charge in [0, 0.05) is 13.2 Å². The molecule has 20 heavy (non-hydrogen) atoms.